The van der Waals surface area contributed by atoms with Gasteiger partial charge in [0.15, 0.2) is 11.0 Å². The molecular formula is C10H10ClN3S. The largest absolute Gasteiger partial charge is 0.305 e. The lowest BCUT2D eigenvalue weighted by atomic mass is 10.2. The van der Waals surface area contributed by atoms with Crippen LogP contribution in [0, 0.1) is 0 Å². The molecule has 0 bridgehead atoms. The molecule has 5 heteroatoms. The van der Waals surface area contributed by atoms with Crippen LogP contribution in [0.4, 0.5) is 0 Å². The average Bonchev–Trinajstić information content (AvgIpc) is 2.60. The topological polar surface area (TPSA) is 30.7 Å². The van der Waals surface area contributed by atoms with Crippen molar-refractivity contribution < 1.29 is 0 Å². The van der Waals surface area contributed by atoms with Crippen LogP contribution in [0.25, 0.3) is 11.4 Å². The Balaban J connectivity index is 2.55. The minimum atomic E-state index is 0.695. The van der Waals surface area contributed by atoms with Crippen molar-refractivity contribution in [3.63, 3.8) is 0 Å². The van der Waals surface area contributed by atoms with Gasteiger partial charge in [-0.2, -0.15) is 0 Å². The second-order valence-corrected chi connectivity index (χ2v) is 4.23. The van der Waals surface area contributed by atoms with Crippen LogP contribution in [0.3, 0.4) is 0 Å². The van der Waals surface area contributed by atoms with Gasteiger partial charge in [0, 0.05) is 12.6 Å². The van der Waals surface area contributed by atoms with Gasteiger partial charge in [0.25, 0.3) is 0 Å². The molecule has 0 saturated heterocycles. The summed E-state index contributed by atoms with van der Waals surface area (Å²) >= 11 is 7.66. The predicted molar refractivity (Wildman–Crippen MR) is 63.2 cm³/mol. The van der Waals surface area contributed by atoms with Gasteiger partial charge in [0.05, 0.1) is 5.02 Å². The first kappa shape index (κ1) is 10.5. The van der Waals surface area contributed by atoms with E-state index in [1.54, 1.807) is 11.8 Å². The normalized spacial score (nSPS) is 10.6. The SMILES string of the molecule is CSc1nnc(-c2ccccc2Cl)n1C. The molecule has 0 aliphatic rings. The van der Waals surface area contributed by atoms with E-state index < -0.39 is 0 Å². The summed E-state index contributed by atoms with van der Waals surface area (Å²) < 4.78 is 1.94. The Morgan fingerprint density at radius 1 is 1.27 bits per heavy atom. The first-order valence-corrected chi connectivity index (χ1v) is 6.02. The Kier molecular flexibility index (Phi) is 2.98. The van der Waals surface area contributed by atoms with E-state index in [1.165, 1.54) is 0 Å². The average molecular weight is 240 g/mol. The van der Waals surface area contributed by atoms with E-state index in [0.717, 1.165) is 16.5 Å². The van der Waals surface area contributed by atoms with Crippen LogP contribution in [-0.2, 0) is 7.05 Å². The molecule has 0 spiro atoms. The number of hydrogen-bond donors (Lipinski definition) is 0. The minimum absolute atomic E-state index is 0.695. The van der Waals surface area contributed by atoms with Crippen molar-refractivity contribution in [1.29, 1.82) is 0 Å². The van der Waals surface area contributed by atoms with Crippen LogP contribution in [-0.4, -0.2) is 21.0 Å². The summed E-state index contributed by atoms with van der Waals surface area (Å²) in [6, 6.07) is 7.63. The fourth-order valence-electron chi connectivity index (χ4n) is 1.37. The van der Waals surface area contributed by atoms with Crippen molar-refractivity contribution >= 4 is 23.4 Å². The number of thioether (sulfide) groups is 1. The number of nitrogens with zero attached hydrogens (tertiary/aromatic N) is 3. The summed E-state index contributed by atoms with van der Waals surface area (Å²) in [6.07, 6.45) is 1.97. The summed E-state index contributed by atoms with van der Waals surface area (Å²) in [5.41, 5.74) is 0.912. The van der Waals surface area contributed by atoms with Gasteiger partial charge in [0.1, 0.15) is 0 Å². The highest BCUT2D eigenvalue weighted by molar-refractivity contribution is 7.98. The van der Waals surface area contributed by atoms with E-state index in [4.69, 9.17) is 11.6 Å². The van der Waals surface area contributed by atoms with Crippen molar-refractivity contribution in [3.8, 4) is 11.4 Å². The highest BCUT2D eigenvalue weighted by Gasteiger charge is 2.11. The molecule has 0 saturated carbocycles. The van der Waals surface area contributed by atoms with Gasteiger partial charge in [-0.05, 0) is 18.4 Å². The molecule has 2 aromatic rings. The minimum Gasteiger partial charge on any atom is -0.305 e. The molecule has 0 radical (unpaired) electrons. The Hall–Kier alpha value is -1.00. The Morgan fingerprint density at radius 2 is 2.00 bits per heavy atom. The monoisotopic (exact) mass is 239 g/mol. The van der Waals surface area contributed by atoms with Crippen molar-refractivity contribution in [3.05, 3.63) is 29.3 Å². The van der Waals surface area contributed by atoms with E-state index in [0.29, 0.717) is 5.02 Å². The fourth-order valence-corrected chi connectivity index (χ4v) is 2.07. The molecule has 3 nitrogen and oxygen atoms in total. The maximum absolute atomic E-state index is 6.10. The summed E-state index contributed by atoms with van der Waals surface area (Å²) in [7, 11) is 1.94. The molecule has 1 heterocycles. The summed E-state index contributed by atoms with van der Waals surface area (Å²) in [4.78, 5) is 0. The number of benzene rings is 1. The molecule has 1 aromatic carbocycles. The highest BCUT2D eigenvalue weighted by atomic mass is 35.5. The zero-order valence-electron chi connectivity index (χ0n) is 8.44. The predicted octanol–water partition coefficient (Wildman–Crippen LogP) is 2.86. The van der Waals surface area contributed by atoms with Crippen molar-refractivity contribution in [2.75, 3.05) is 6.26 Å². The van der Waals surface area contributed by atoms with Crippen molar-refractivity contribution in [2.45, 2.75) is 5.16 Å². The van der Waals surface area contributed by atoms with Crippen molar-refractivity contribution in [1.82, 2.24) is 14.8 Å². The van der Waals surface area contributed by atoms with Crippen molar-refractivity contribution in [2.24, 2.45) is 7.05 Å². The maximum Gasteiger partial charge on any atom is 0.190 e. The molecule has 0 unspecified atom stereocenters. The summed E-state index contributed by atoms with van der Waals surface area (Å²) in [5.74, 6) is 0.796. The highest BCUT2D eigenvalue weighted by Crippen LogP contribution is 2.27. The van der Waals surface area contributed by atoms with Crippen LogP contribution in [0.1, 0.15) is 0 Å². The maximum atomic E-state index is 6.10. The molecule has 0 N–H and O–H groups in total. The number of rotatable bonds is 2. The third-order valence-corrected chi connectivity index (χ3v) is 3.18. The number of aromatic nitrogens is 3. The lowest BCUT2D eigenvalue weighted by Crippen LogP contribution is -1.94. The fraction of sp³-hybridized carbons (Fsp3) is 0.200. The first-order chi connectivity index (χ1) is 7.24. The lowest BCUT2D eigenvalue weighted by Gasteiger charge is -2.03. The van der Waals surface area contributed by atoms with Gasteiger partial charge in [0.2, 0.25) is 0 Å². The molecule has 0 atom stereocenters. The Morgan fingerprint density at radius 3 is 2.60 bits per heavy atom. The molecule has 0 aliphatic carbocycles. The van der Waals surface area contributed by atoms with Crippen LogP contribution in [0.2, 0.25) is 5.02 Å². The third-order valence-electron chi connectivity index (χ3n) is 2.13. The van der Waals surface area contributed by atoms with Gasteiger partial charge in [-0.3, -0.25) is 0 Å². The molecule has 1 aromatic heterocycles. The van der Waals surface area contributed by atoms with E-state index in [-0.39, 0.29) is 0 Å². The third kappa shape index (κ3) is 1.87. The van der Waals surface area contributed by atoms with E-state index >= 15 is 0 Å². The lowest BCUT2D eigenvalue weighted by molar-refractivity contribution is 0.795. The number of halogens is 1. The smallest absolute Gasteiger partial charge is 0.190 e. The van der Waals surface area contributed by atoms with Crippen LogP contribution < -0.4 is 0 Å². The molecule has 2 rings (SSSR count). The van der Waals surface area contributed by atoms with Gasteiger partial charge in [-0.1, -0.05) is 35.5 Å². The molecule has 15 heavy (non-hydrogen) atoms. The molecule has 0 amide bonds. The molecule has 0 fully saturated rings. The van der Waals surface area contributed by atoms with E-state index in [1.807, 2.05) is 42.1 Å². The van der Waals surface area contributed by atoms with Crippen LogP contribution in [0.15, 0.2) is 29.4 Å². The second kappa shape index (κ2) is 4.24. The zero-order valence-corrected chi connectivity index (χ0v) is 10.0. The second-order valence-electron chi connectivity index (χ2n) is 3.05. The molecular weight excluding hydrogens is 230 g/mol. The Labute approximate surface area is 97.5 Å². The quantitative estimate of drug-likeness (QED) is 0.755. The first-order valence-electron chi connectivity index (χ1n) is 4.42. The molecule has 78 valence electrons. The van der Waals surface area contributed by atoms with E-state index in [2.05, 4.69) is 10.2 Å². The van der Waals surface area contributed by atoms with Crippen LogP contribution in [0.5, 0.6) is 0 Å². The number of hydrogen-bond acceptors (Lipinski definition) is 3. The van der Waals surface area contributed by atoms with Gasteiger partial charge < -0.3 is 4.57 Å². The van der Waals surface area contributed by atoms with Gasteiger partial charge in [-0.15, -0.1) is 10.2 Å². The summed E-state index contributed by atoms with van der Waals surface area (Å²) in [5, 5.41) is 9.77. The Bertz CT molecular complexity index is 481. The van der Waals surface area contributed by atoms with Crippen LogP contribution >= 0.6 is 23.4 Å². The van der Waals surface area contributed by atoms with E-state index in [9.17, 15) is 0 Å². The van der Waals surface area contributed by atoms with Gasteiger partial charge >= 0.3 is 0 Å². The molecule has 0 aliphatic heterocycles. The standard InChI is InChI=1S/C10H10ClN3S/c1-14-9(12-13-10(14)15-2)7-5-3-4-6-8(7)11/h3-6H,1-2H3. The van der Waals surface area contributed by atoms with Gasteiger partial charge in [-0.25, -0.2) is 0 Å². The summed E-state index contributed by atoms with van der Waals surface area (Å²) in [6.45, 7) is 0. The zero-order chi connectivity index (χ0) is 10.8.